The Labute approximate surface area is 116 Å². The lowest BCUT2D eigenvalue weighted by Crippen LogP contribution is -2.20. The van der Waals surface area contributed by atoms with E-state index >= 15 is 0 Å². The van der Waals surface area contributed by atoms with Gasteiger partial charge in [0, 0.05) is 0 Å². The minimum atomic E-state index is 0.720. The zero-order chi connectivity index (χ0) is 13.6. The molecule has 0 aliphatic heterocycles. The van der Waals surface area contributed by atoms with Crippen molar-refractivity contribution in [3.63, 3.8) is 0 Å². The van der Waals surface area contributed by atoms with Crippen LogP contribution in [0.25, 0.3) is 0 Å². The van der Waals surface area contributed by atoms with Crippen molar-refractivity contribution in [1.29, 1.82) is 0 Å². The maximum absolute atomic E-state index is 5.86. The summed E-state index contributed by atoms with van der Waals surface area (Å²) >= 11 is 0. The highest BCUT2D eigenvalue weighted by Gasteiger charge is 2.15. The quantitative estimate of drug-likeness (QED) is 0.430. The molecule has 18 heavy (non-hydrogen) atoms. The second-order valence-electron chi connectivity index (χ2n) is 6.03. The molecule has 2 atom stereocenters. The zero-order valence-corrected chi connectivity index (χ0v) is 13.2. The summed E-state index contributed by atoms with van der Waals surface area (Å²) in [6.45, 7) is 7.78. The van der Waals surface area contributed by atoms with Crippen LogP contribution in [0.4, 0.5) is 0 Å². The van der Waals surface area contributed by atoms with Crippen LogP contribution in [-0.2, 0) is 0 Å². The van der Waals surface area contributed by atoms with Crippen molar-refractivity contribution >= 4 is 0 Å². The molecule has 0 aliphatic rings. The van der Waals surface area contributed by atoms with E-state index < -0.39 is 0 Å². The molecule has 1 heteroatoms. The lowest BCUT2D eigenvalue weighted by atomic mass is 9.84. The maximum Gasteiger partial charge on any atom is -0.00489 e. The van der Waals surface area contributed by atoms with Gasteiger partial charge in [-0.05, 0) is 18.4 Å². The van der Waals surface area contributed by atoms with Gasteiger partial charge in [0.15, 0.2) is 0 Å². The van der Waals surface area contributed by atoms with Gasteiger partial charge in [0.25, 0.3) is 0 Å². The minimum Gasteiger partial charge on any atom is -0.330 e. The highest BCUT2D eigenvalue weighted by atomic mass is 14.5. The van der Waals surface area contributed by atoms with Crippen LogP contribution >= 0.6 is 0 Å². The average molecular weight is 255 g/mol. The first kappa shape index (κ1) is 18.0. The molecule has 0 rings (SSSR count). The molecule has 0 aromatic heterocycles. The van der Waals surface area contributed by atoms with E-state index in [1.165, 1.54) is 70.6 Å². The first-order valence-electron chi connectivity index (χ1n) is 8.46. The van der Waals surface area contributed by atoms with E-state index in [1.807, 2.05) is 0 Å². The SMILES string of the molecule is CCCCCCCC(CCCCCC)C(C)CN. The van der Waals surface area contributed by atoms with E-state index in [4.69, 9.17) is 5.73 Å². The fourth-order valence-electron chi connectivity index (χ4n) is 2.75. The largest absolute Gasteiger partial charge is 0.330 e. The first-order chi connectivity index (χ1) is 8.76. The summed E-state index contributed by atoms with van der Waals surface area (Å²) in [5.41, 5.74) is 5.86. The Morgan fingerprint density at radius 3 is 1.61 bits per heavy atom. The van der Waals surface area contributed by atoms with Gasteiger partial charge in [0.2, 0.25) is 0 Å². The van der Waals surface area contributed by atoms with Crippen LogP contribution in [0.2, 0.25) is 0 Å². The molecule has 1 nitrogen and oxygen atoms in total. The summed E-state index contributed by atoms with van der Waals surface area (Å²) in [5, 5.41) is 0. The van der Waals surface area contributed by atoms with Crippen molar-refractivity contribution in [2.75, 3.05) is 6.54 Å². The summed E-state index contributed by atoms with van der Waals surface area (Å²) < 4.78 is 0. The van der Waals surface area contributed by atoms with E-state index in [-0.39, 0.29) is 0 Å². The molecule has 2 unspecified atom stereocenters. The van der Waals surface area contributed by atoms with Gasteiger partial charge in [-0.15, -0.1) is 0 Å². The van der Waals surface area contributed by atoms with Crippen LogP contribution in [0.3, 0.4) is 0 Å². The molecule has 0 saturated heterocycles. The van der Waals surface area contributed by atoms with Gasteiger partial charge in [0.05, 0.1) is 0 Å². The molecule has 0 amide bonds. The van der Waals surface area contributed by atoms with E-state index in [2.05, 4.69) is 20.8 Å². The third-order valence-corrected chi connectivity index (χ3v) is 4.28. The Hall–Kier alpha value is -0.0400. The predicted octanol–water partition coefficient (Wildman–Crippen LogP) is 5.53. The average Bonchev–Trinajstić information content (AvgIpc) is 2.40. The molecular formula is C17H37N. The van der Waals surface area contributed by atoms with Crippen molar-refractivity contribution in [2.45, 2.75) is 91.4 Å². The van der Waals surface area contributed by atoms with Gasteiger partial charge in [0.1, 0.15) is 0 Å². The van der Waals surface area contributed by atoms with E-state index in [9.17, 15) is 0 Å². The maximum atomic E-state index is 5.86. The van der Waals surface area contributed by atoms with Crippen molar-refractivity contribution in [3.8, 4) is 0 Å². The first-order valence-corrected chi connectivity index (χ1v) is 8.46. The van der Waals surface area contributed by atoms with E-state index in [1.54, 1.807) is 0 Å². The van der Waals surface area contributed by atoms with Crippen LogP contribution in [0, 0.1) is 11.8 Å². The molecule has 0 aromatic rings. The van der Waals surface area contributed by atoms with Crippen molar-refractivity contribution in [2.24, 2.45) is 17.6 Å². The van der Waals surface area contributed by atoms with Crippen LogP contribution < -0.4 is 5.73 Å². The Balaban J connectivity index is 3.70. The number of hydrogen-bond donors (Lipinski definition) is 1. The summed E-state index contributed by atoms with van der Waals surface area (Å²) in [6, 6.07) is 0. The molecular weight excluding hydrogens is 218 g/mol. The molecule has 0 heterocycles. The molecule has 0 radical (unpaired) electrons. The van der Waals surface area contributed by atoms with Crippen LogP contribution in [0.15, 0.2) is 0 Å². The Kier molecular flexibility index (Phi) is 13.4. The molecule has 0 aliphatic carbocycles. The highest BCUT2D eigenvalue weighted by molar-refractivity contribution is 4.68. The molecule has 110 valence electrons. The number of unbranched alkanes of at least 4 members (excludes halogenated alkanes) is 7. The van der Waals surface area contributed by atoms with Crippen molar-refractivity contribution in [1.82, 2.24) is 0 Å². The van der Waals surface area contributed by atoms with Gasteiger partial charge < -0.3 is 5.73 Å². The molecule has 0 fully saturated rings. The van der Waals surface area contributed by atoms with Gasteiger partial charge in [-0.2, -0.15) is 0 Å². The Morgan fingerprint density at radius 2 is 1.17 bits per heavy atom. The fourth-order valence-corrected chi connectivity index (χ4v) is 2.75. The smallest absolute Gasteiger partial charge is 0.00489 e. The zero-order valence-electron chi connectivity index (χ0n) is 13.2. The normalized spacial score (nSPS) is 14.7. The summed E-state index contributed by atoms with van der Waals surface area (Å²) in [5.74, 6) is 1.60. The van der Waals surface area contributed by atoms with E-state index in [0.29, 0.717) is 0 Å². The summed E-state index contributed by atoms with van der Waals surface area (Å²) in [4.78, 5) is 0. The van der Waals surface area contributed by atoms with Crippen LogP contribution in [-0.4, -0.2) is 6.54 Å². The monoisotopic (exact) mass is 255 g/mol. The third kappa shape index (κ3) is 9.94. The lowest BCUT2D eigenvalue weighted by molar-refractivity contribution is 0.300. The summed E-state index contributed by atoms with van der Waals surface area (Å²) in [6.07, 6.45) is 15.4. The molecule has 0 aromatic carbocycles. The van der Waals surface area contributed by atoms with Gasteiger partial charge in [-0.3, -0.25) is 0 Å². The Bertz CT molecular complexity index is 156. The second kappa shape index (κ2) is 13.4. The Morgan fingerprint density at radius 1 is 0.722 bits per heavy atom. The van der Waals surface area contributed by atoms with Gasteiger partial charge in [-0.25, -0.2) is 0 Å². The molecule has 0 saturated carbocycles. The molecule has 2 N–H and O–H groups in total. The number of rotatable bonds is 13. The van der Waals surface area contributed by atoms with Crippen LogP contribution in [0.5, 0.6) is 0 Å². The van der Waals surface area contributed by atoms with Crippen molar-refractivity contribution < 1.29 is 0 Å². The fraction of sp³-hybridized carbons (Fsp3) is 1.00. The number of hydrogen-bond acceptors (Lipinski definition) is 1. The van der Waals surface area contributed by atoms with Crippen molar-refractivity contribution in [3.05, 3.63) is 0 Å². The third-order valence-electron chi connectivity index (χ3n) is 4.28. The number of nitrogens with two attached hydrogens (primary N) is 1. The van der Waals surface area contributed by atoms with Gasteiger partial charge in [-0.1, -0.05) is 91.4 Å². The minimum absolute atomic E-state index is 0.720. The van der Waals surface area contributed by atoms with Crippen LogP contribution in [0.1, 0.15) is 91.4 Å². The second-order valence-corrected chi connectivity index (χ2v) is 6.03. The predicted molar refractivity (Wildman–Crippen MR) is 83.8 cm³/mol. The van der Waals surface area contributed by atoms with Gasteiger partial charge >= 0.3 is 0 Å². The van der Waals surface area contributed by atoms with E-state index in [0.717, 1.165) is 18.4 Å². The standard InChI is InChI=1S/C17H37N/c1-4-6-8-10-12-14-17(16(3)15-18)13-11-9-7-5-2/h16-17H,4-15,18H2,1-3H3. The lowest BCUT2D eigenvalue weighted by Gasteiger charge is -2.23. The molecule has 0 bridgehead atoms. The molecule has 0 spiro atoms. The highest BCUT2D eigenvalue weighted by Crippen LogP contribution is 2.25. The summed E-state index contributed by atoms with van der Waals surface area (Å²) in [7, 11) is 0. The topological polar surface area (TPSA) is 26.0 Å².